The standard InChI is InChI=1S/C35H49ClN8O4/c1-23(14-38-22-37)48-32-13-24(5-12-30(32)36)25-15-39-34(40-16-25)41-31-17-43(42-33(31)47-21-35(2,3)20-45-4)26-6-8-27(9-7-26)44-28-10-11-29(44)19-46-18-28/h5,12-13,15-17,22-23,26-29H,6-11,14,18-21H2,1-4H3,(H2,37,38)(H,39,40,41)/t23-,26-,27-,28-,29+/m0/s1. The van der Waals surface area contributed by atoms with Gasteiger partial charge in [-0.05, 0) is 63.1 Å². The van der Waals surface area contributed by atoms with Crippen LogP contribution in [0.5, 0.6) is 11.6 Å². The molecule has 0 radical (unpaired) electrons. The van der Waals surface area contributed by atoms with Gasteiger partial charge in [0.25, 0.3) is 5.88 Å². The fourth-order valence-electron chi connectivity index (χ4n) is 7.25. The maximum atomic E-state index is 7.17. The van der Waals surface area contributed by atoms with Crippen LogP contribution in [-0.4, -0.2) is 95.3 Å². The Morgan fingerprint density at radius 1 is 1.02 bits per heavy atom. The summed E-state index contributed by atoms with van der Waals surface area (Å²) < 4.78 is 25.7. The van der Waals surface area contributed by atoms with Gasteiger partial charge in [0.1, 0.15) is 17.5 Å². The highest BCUT2D eigenvalue weighted by Gasteiger charge is 2.42. The number of hydrogen-bond donors (Lipinski definition) is 3. The number of rotatable bonds is 15. The summed E-state index contributed by atoms with van der Waals surface area (Å²) in [7, 11) is 1.71. The Morgan fingerprint density at radius 2 is 1.71 bits per heavy atom. The fraction of sp³-hybridized carbons (Fsp3) is 0.600. The Kier molecular flexibility index (Phi) is 11.0. The molecule has 3 aromatic rings. The minimum atomic E-state index is -0.182. The van der Waals surface area contributed by atoms with E-state index in [9.17, 15) is 0 Å². The summed E-state index contributed by atoms with van der Waals surface area (Å²) in [6.45, 7) is 9.44. The van der Waals surface area contributed by atoms with E-state index in [0.29, 0.717) is 66.5 Å². The Hall–Kier alpha value is -3.45. The molecule has 2 saturated heterocycles. The van der Waals surface area contributed by atoms with E-state index in [1.165, 1.54) is 25.7 Å². The van der Waals surface area contributed by atoms with E-state index >= 15 is 0 Å². The van der Waals surface area contributed by atoms with Gasteiger partial charge in [-0.1, -0.05) is 31.5 Å². The summed E-state index contributed by atoms with van der Waals surface area (Å²) in [6, 6.07) is 7.71. The summed E-state index contributed by atoms with van der Waals surface area (Å²) in [5.74, 6) is 1.54. The number of ether oxygens (including phenoxy) is 4. The number of anilines is 2. The van der Waals surface area contributed by atoms with E-state index in [4.69, 9.17) is 41.1 Å². The fourth-order valence-corrected chi connectivity index (χ4v) is 7.41. The van der Waals surface area contributed by atoms with E-state index in [1.54, 1.807) is 25.6 Å². The Morgan fingerprint density at radius 3 is 2.40 bits per heavy atom. The van der Waals surface area contributed by atoms with E-state index < -0.39 is 0 Å². The molecule has 3 fully saturated rings. The van der Waals surface area contributed by atoms with E-state index in [0.717, 1.165) is 49.2 Å². The molecule has 3 aliphatic rings. The maximum Gasteiger partial charge on any atom is 0.256 e. The number of benzene rings is 1. The van der Waals surface area contributed by atoms with E-state index in [2.05, 4.69) is 44.0 Å². The molecule has 2 aromatic heterocycles. The highest BCUT2D eigenvalue weighted by atomic mass is 35.5. The maximum absolute atomic E-state index is 7.17. The summed E-state index contributed by atoms with van der Waals surface area (Å²) >= 11 is 6.41. The molecule has 2 aliphatic heterocycles. The molecule has 12 nitrogen and oxygen atoms in total. The van der Waals surface area contributed by atoms with Crippen LogP contribution in [0.1, 0.15) is 65.3 Å². The van der Waals surface area contributed by atoms with Crippen LogP contribution in [0.2, 0.25) is 5.02 Å². The van der Waals surface area contributed by atoms with Crippen LogP contribution >= 0.6 is 11.6 Å². The third-order valence-electron chi connectivity index (χ3n) is 9.59. The van der Waals surface area contributed by atoms with Crippen LogP contribution < -0.4 is 20.1 Å². The van der Waals surface area contributed by atoms with Crippen LogP contribution in [0.15, 0.2) is 36.8 Å². The zero-order valence-electron chi connectivity index (χ0n) is 28.5. The molecule has 1 saturated carbocycles. The lowest BCUT2D eigenvalue weighted by Crippen LogP contribution is -2.52. The van der Waals surface area contributed by atoms with Gasteiger partial charge >= 0.3 is 0 Å². The van der Waals surface area contributed by atoms with Gasteiger partial charge in [0.2, 0.25) is 5.95 Å². The molecule has 2 bridgehead atoms. The first-order valence-corrected chi connectivity index (χ1v) is 17.4. The van der Waals surface area contributed by atoms with Crippen molar-refractivity contribution < 1.29 is 18.9 Å². The average molecular weight is 681 g/mol. The third kappa shape index (κ3) is 8.22. The van der Waals surface area contributed by atoms with Crippen molar-refractivity contribution in [1.82, 2.24) is 30.0 Å². The number of morpholine rings is 1. The lowest BCUT2D eigenvalue weighted by Gasteiger charge is -2.43. The van der Waals surface area contributed by atoms with Crippen molar-refractivity contribution >= 4 is 29.6 Å². The summed E-state index contributed by atoms with van der Waals surface area (Å²) in [6.07, 6.45) is 13.6. The summed E-state index contributed by atoms with van der Waals surface area (Å²) in [4.78, 5) is 12.0. The molecule has 48 heavy (non-hydrogen) atoms. The molecule has 0 unspecified atom stereocenters. The van der Waals surface area contributed by atoms with Crippen LogP contribution in [0, 0.1) is 10.8 Å². The monoisotopic (exact) mass is 680 g/mol. The number of methoxy groups -OCH3 is 1. The van der Waals surface area contributed by atoms with Gasteiger partial charge < -0.3 is 29.6 Å². The second kappa shape index (κ2) is 15.4. The van der Waals surface area contributed by atoms with E-state index in [1.807, 2.05) is 25.3 Å². The minimum Gasteiger partial charge on any atom is -0.487 e. The van der Waals surface area contributed by atoms with Crippen LogP contribution in [0.4, 0.5) is 11.6 Å². The Labute approximate surface area is 288 Å². The van der Waals surface area contributed by atoms with Crippen molar-refractivity contribution in [2.45, 2.75) is 89.6 Å². The van der Waals surface area contributed by atoms with Crippen molar-refractivity contribution in [3.05, 3.63) is 41.8 Å². The second-order valence-corrected chi connectivity index (χ2v) is 14.5. The number of halogens is 1. The third-order valence-corrected chi connectivity index (χ3v) is 9.90. The first-order valence-electron chi connectivity index (χ1n) is 17.1. The van der Waals surface area contributed by atoms with Gasteiger partial charge in [-0.2, -0.15) is 0 Å². The zero-order valence-corrected chi connectivity index (χ0v) is 29.2. The van der Waals surface area contributed by atoms with Crippen molar-refractivity contribution in [1.29, 1.82) is 5.41 Å². The topological polar surface area (TPSA) is 132 Å². The SMILES string of the molecule is COCC(C)(C)COc1nn([C@H]2CC[C@H](N3[C@@H]4CC[C@H]3COC4)CC2)cc1Nc1ncc(-c2ccc(Cl)c(O[C@@H](C)CNC=N)c2)cn1. The van der Waals surface area contributed by atoms with Crippen molar-refractivity contribution in [2.75, 3.05) is 45.4 Å². The number of aromatic nitrogens is 4. The molecule has 0 amide bonds. The minimum absolute atomic E-state index is 0.172. The van der Waals surface area contributed by atoms with Gasteiger partial charge in [-0.3, -0.25) is 15.0 Å². The molecule has 260 valence electrons. The summed E-state index contributed by atoms with van der Waals surface area (Å²) in [5.41, 5.74) is 2.26. The molecular weight excluding hydrogens is 632 g/mol. The van der Waals surface area contributed by atoms with Crippen molar-refractivity contribution in [2.24, 2.45) is 5.41 Å². The van der Waals surface area contributed by atoms with E-state index in [-0.39, 0.29) is 11.5 Å². The van der Waals surface area contributed by atoms with Crippen LogP contribution in [0.3, 0.4) is 0 Å². The van der Waals surface area contributed by atoms with Gasteiger partial charge in [0, 0.05) is 48.6 Å². The van der Waals surface area contributed by atoms with Crippen molar-refractivity contribution in [3.63, 3.8) is 0 Å². The first kappa shape index (κ1) is 34.4. The van der Waals surface area contributed by atoms with Gasteiger partial charge in [-0.15, -0.1) is 5.10 Å². The molecule has 1 aliphatic carbocycles. The first-order chi connectivity index (χ1) is 23.2. The largest absolute Gasteiger partial charge is 0.487 e. The Balaban J connectivity index is 1.15. The normalized spacial score (nSPS) is 23.4. The molecular formula is C35H49ClN8O4. The second-order valence-electron chi connectivity index (χ2n) is 14.1. The molecule has 1 aromatic carbocycles. The highest BCUT2D eigenvalue weighted by molar-refractivity contribution is 6.32. The smallest absolute Gasteiger partial charge is 0.256 e. The lowest BCUT2D eigenvalue weighted by atomic mass is 9.89. The van der Waals surface area contributed by atoms with Crippen LogP contribution in [0.25, 0.3) is 11.1 Å². The van der Waals surface area contributed by atoms with Gasteiger partial charge in [0.15, 0.2) is 0 Å². The Bertz CT molecular complexity index is 1490. The highest BCUT2D eigenvalue weighted by Crippen LogP contribution is 2.40. The number of fused-ring (bicyclic) bond motifs is 2. The number of hydrogen-bond acceptors (Lipinski definition) is 10. The van der Waals surface area contributed by atoms with Crippen LogP contribution in [-0.2, 0) is 9.47 Å². The molecule has 4 heterocycles. The van der Waals surface area contributed by atoms with Crippen molar-refractivity contribution in [3.8, 4) is 22.8 Å². The predicted molar refractivity (Wildman–Crippen MR) is 187 cm³/mol. The molecule has 3 atom stereocenters. The lowest BCUT2D eigenvalue weighted by molar-refractivity contribution is -0.0458. The number of nitrogens with one attached hydrogen (secondary N) is 3. The zero-order chi connectivity index (χ0) is 33.7. The van der Waals surface area contributed by atoms with Gasteiger partial charge in [0.05, 0.1) is 56.6 Å². The predicted octanol–water partition coefficient (Wildman–Crippen LogP) is 6.10. The molecule has 0 spiro atoms. The molecule has 13 heteroatoms. The summed E-state index contributed by atoms with van der Waals surface area (Å²) in [5, 5.41) is 18.9. The number of nitrogens with zero attached hydrogens (tertiary/aromatic N) is 5. The average Bonchev–Trinajstić information content (AvgIpc) is 3.60. The quantitative estimate of drug-likeness (QED) is 0.128. The molecule has 6 rings (SSSR count). The van der Waals surface area contributed by atoms with Gasteiger partial charge in [-0.25, -0.2) is 9.97 Å². The molecule has 3 N–H and O–H groups in total.